The van der Waals surface area contributed by atoms with Gasteiger partial charge in [0, 0.05) is 22.3 Å². The summed E-state index contributed by atoms with van der Waals surface area (Å²) in [6.07, 6.45) is 7.91. The van der Waals surface area contributed by atoms with Gasteiger partial charge in [-0.3, -0.25) is 0 Å². The first-order chi connectivity index (χ1) is 9.15. The average Bonchev–Trinajstić information content (AvgIpc) is 2.37. The number of hydrogen-bond acceptors (Lipinski definition) is 2. The highest BCUT2D eigenvalue weighted by molar-refractivity contribution is 9.10. The summed E-state index contributed by atoms with van der Waals surface area (Å²) in [5.74, 6) is 0. The molecule has 0 unspecified atom stereocenters. The summed E-state index contributed by atoms with van der Waals surface area (Å²) < 4.78 is 0.952. The number of benzene rings is 1. The molecule has 0 fully saturated rings. The Kier molecular flexibility index (Phi) is 8.07. The Morgan fingerprint density at radius 2 is 1.89 bits per heavy atom. The zero-order valence-corrected chi connectivity index (χ0v) is 13.9. The molecule has 106 valence electrons. The third-order valence-corrected chi connectivity index (χ3v) is 3.97. The molecule has 0 aliphatic carbocycles. The highest BCUT2D eigenvalue weighted by Crippen LogP contribution is 2.21. The first kappa shape index (κ1) is 16.4. The Hall–Kier alpha value is -0.610. The number of halogens is 1. The van der Waals surface area contributed by atoms with E-state index in [1.165, 1.54) is 38.5 Å². The van der Waals surface area contributed by atoms with E-state index >= 15 is 0 Å². The lowest BCUT2D eigenvalue weighted by Gasteiger charge is -2.09. The van der Waals surface area contributed by atoms with Gasteiger partial charge in [0.25, 0.3) is 0 Å². The largest absolute Gasteiger partial charge is 0.389 e. The van der Waals surface area contributed by atoms with Gasteiger partial charge < -0.3 is 11.1 Å². The molecule has 0 bridgehead atoms. The molecule has 1 rings (SSSR count). The van der Waals surface area contributed by atoms with Crippen LogP contribution < -0.4 is 11.1 Å². The van der Waals surface area contributed by atoms with Gasteiger partial charge >= 0.3 is 0 Å². The number of unbranched alkanes of at least 4 members (excludes halogenated alkanes) is 5. The summed E-state index contributed by atoms with van der Waals surface area (Å²) in [5, 5.41) is 3.43. The second kappa shape index (κ2) is 9.32. The topological polar surface area (TPSA) is 38.0 Å². The molecule has 19 heavy (non-hydrogen) atoms. The minimum absolute atomic E-state index is 0.425. The molecule has 0 amide bonds. The number of anilines is 1. The van der Waals surface area contributed by atoms with Crippen molar-refractivity contribution in [3.8, 4) is 0 Å². The van der Waals surface area contributed by atoms with Crippen molar-refractivity contribution in [2.24, 2.45) is 5.73 Å². The SMILES string of the molecule is CCCCCCCCNc1ccc(C(N)=S)c(Br)c1. The predicted molar refractivity (Wildman–Crippen MR) is 91.9 cm³/mol. The number of nitrogens with one attached hydrogen (secondary N) is 1. The van der Waals surface area contributed by atoms with E-state index < -0.39 is 0 Å². The molecule has 1 aromatic rings. The van der Waals surface area contributed by atoms with Crippen molar-refractivity contribution in [1.82, 2.24) is 0 Å². The molecule has 0 saturated heterocycles. The van der Waals surface area contributed by atoms with E-state index in [2.05, 4.69) is 28.2 Å². The second-order valence-electron chi connectivity index (χ2n) is 4.75. The molecule has 4 heteroatoms. The van der Waals surface area contributed by atoms with Crippen molar-refractivity contribution >= 4 is 38.8 Å². The number of rotatable bonds is 9. The van der Waals surface area contributed by atoms with E-state index in [4.69, 9.17) is 18.0 Å². The van der Waals surface area contributed by atoms with Crippen molar-refractivity contribution in [2.75, 3.05) is 11.9 Å². The van der Waals surface area contributed by atoms with Gasteiger partial charge in [0.2, 0.25) is 0 Å². The number of thiocarbonyl (C=S) groups is 1. The maximum atomic E-state index is 5.63. The van der Waals surface area contributed by atoms with Crippen LogP contribution in [0.3, 0.4) is 0 Å². The summed E-state index contributed by atoms with van der Waals surface area (Å²) >= 11 is 8.47. The van der Waals surface area contributed by atoms with Gasteiger partial charge in [-0.15, -0.1) is 0 Å². The fourth-order valence-corrected chi connectivity index (χ4v) is 2.86. The normalized spacial score (nSPS) is 10.4. The zero-order valence-electron chi connectivity index (χ0n) is 11.5. The summed E-state index contributed by atoms with van der Waals surface area (Å²) in [5.41, 5.74) is 7.63. The van der Waals surface area contributed by atoms with E-state index in [1.807, 2.05) is 18.2 Å². The van der Waals surface area contributed by atoms with Gasteiger partial charge in [-0.25, -0.2) is 0 Å². The van der Waals surface area contributed by atoms with Gasteiger partial charge in [0.05, 0.1) is 0 Å². The lowest BCUT2D eigenvalue weighted by atomic mass is 10.1. The minimum Gasteiger partial charge on any atom is -0.389 e. The Bertz CT molecular complexity index is 407. The van der Waals surface area contributed by atoms with Crippen LogP contribution in [0.4, 0.5) is 5.69 Å². The van der Waals surface area contributed by atoms with Gasteiger partial charge in [0.1, 0.15) is 4.99 Å². The van der Waals surface area contributed by atoms with E-state index in [0.29, 0.717) is 4.99 Å². The Morgan fingerprint density at radius 1 is 1.21 bits per heavy atom. The van der Waals surface area contributed by atoms with Crippen LogP contribution in [0.25, 0.3) is 0 Å². The molecule has 0 heterocycles. The van der Waals surface area contributed by atoms with Crippen LogP contribution in [0.2, 0.25) is 0 Å². The molecule has 0 spiro atoms. The molecule has 0 aliphatic rings. The molecule has 0 aliphatic heterocycles. The molecule has 0 atom stereocenters. The number of nitrogens with two attached hydrogens (primary N) is 1. The van der Waals surface area contributed by atoms with Gasteiger partial charge in [-0.1, -0.05) is 51.2 Å². The first-order valence-electron chi connectivity index (χ1n) is 6.98. The Labute approximate surface area is 130 Å². The van der Waals surface area contributed by atoms with Gasteiger partial charge in [-0.05, 0) is 40.5 Å². The van der Waals surface area contributed by atoms with Crippen molar-refractivity contribution < 1.29 is 0 Å². The zero-order chi connectivity index (χ0) is 14.1. The molecule has 0 saturated carbocycles. The number of hydrogen-bond donors (Lipinski definition) is 2. The fraction of sp³-hybridized carbons (Fsp3) is 0.533. The maximum absolute atomic E-state index is 5.63. The molecule has 2 nitrogen and oxygen atoms in total. The average molecular weight is 343 g/mol. The van der Waals surface area contributed by atoms with E-state index in [9.17, 15) is 0 Å². The van der Waals surface area contributed by atoms with Crippen LogP contribution in [0.15, 0.2) is 22.7 Å². The Balaban J connectivity index is 2.26. The summed E-state index contributed by atoms with van der Waals surface area (Å²) in [4.78, 5) is 0.425. The molecule has 3 N–H and O–H groups in total. The molecular weight excluding hydrogens is 320 g/mol. The highest BCUT2D eigenvalue weighted by atomic mass is 79.9. The predicted octanol–water partition coefficient (Wildman–Crippen LogP) is 4.86. The van der Waals surface area contributed by atoms with E-state index in [1.54, 1.807) is 0 Å². The summed E-state index contributed by atoms with van der Waals surface area (Å²) in [7, 11) is 0. The monoisotopic (exact) mass is 342 g/mol. The molecule has 0 radical (unpaired) electrons. The van der Waals surface area contributed by atoms with Crippen LogP contribution in [0, 0.1) is 0 Å². The third kappa shape index (κ3) is 6.39. The minimum atomic E-state index is 0.425. The highest BCUT2D eigenvalue weighted by Gasteiger charge is 2.03. The molecular formula is C15H23BrN2S. The van der Waals surface area contributed by atoms with Crippen LogP contribution in [-0.2, 0) is 0 Å². The molecule has 1 aromatic carbocycles. The van der Waals surface area contributed by atoms with Crippen molar-refractivity contribution in [1.29, 1.82) is 0 Å². The van der Waals surface area contributed by atoms with E-state index in [0.717, 1.165) is 22.3 Å². The van der Waals surface area contributed by atoms with E-state index in [-0.39, 0.29) is 0 Å². The first-order valence-corrected chi connectivity index (χ1v) is 8.18. The lowest BCUT2D eigenvalue weighted by Crippen LogP contribution is -2.10. The van der Waals surface area contributed by atoms with Crippen LogP contribution in [0.1, 0.15) is 51.0 Å². The summed E-state index contributed by atoms with van der Waals surface area (Å²) in [6.45, 7) is 3.26. The fourth-order valence-electron chi connectivity index (χ4n) is 1.96. The smallest absolute Gasteiger partial charge is 0.105 e. The third-order valence-electron chi connectivity index (χ3n) is 3.09. The van der Waals surface area contributed by atoms with Crippen molar-refractivity contribution in [2.45, 2.75) is 45.4 Å². The maximum Gasteiger partial charge on any atom is 0.105 e. The van der Waals surface area contributed by atoms with Crippen LogP contribution in [0.5, 0.6) is 0 Å². The second-order valence-corrected chi connectivity index (χ2v) is 6.05. The standard InChI is InChI=1S/C15H23BrN2S/c1-2-3-4-5-6-7-10-18-12-8-9-13(15(17)19)14(16)11-12/h8-9,11,18H,2-7,10H2,1H3,(H2,17,19). The Morgan fingerprint density at radius 3 is 2.53 bits per heavy atom. The van der Waals surface area contributed by atoms with Crippen molar-refractivity contribution in [3.63, 3.8) is 0 Å². The van der Waals surface area contributed by atoms with Crippen LogP contribution in [-0.4, -0.2) is 11.5 Å². The van der Waals surface area contributed by atoms with Crippen LogP contribution >= 0.6 is 28.1 Å². The van der Waals surface area contributed by atoms with Gasteiger partial charge in [0.15, 0.2) is 0 Å². The lowest BCUT2D eigenvalue weighted by molar-refractivity contribution is 0.617. The van der Waals surface area contributed by atoms with Crippen molar-refractivity contribution in [3.05, 3.63) is 28.2 Å². The summed E-state index contributed by atoms with van der Waals surface area (Å²) in [6, 6.07) is 6.01. The molecule has 0 aromatic heterocycles. The van der Waals surface area contributed by atoms with Gasteiger partial charge in [-0.2, -0.15) is 0 Å². The quantitative estimate of drug-likeness (QED) is 0.497.